The molecule has 0 aliphatic carbocycles. The molecular formula is C25H22N4O3. The van der Waals surface area contributed by atoms with Crippen LogP contribution in [0.25, 0.3) is 22.4 Å². The van der Waals surface area contributed by atoms with Gasteiger partial charge in [0.1, 0.15) is 0 Å². The number of benzene rings is 2. The number of hydrogen-bond acceptors (Lipinski definition) is 5. The third-order valence-corrected chi connectivity index (χ3v) is 5.75. The first kappa shape index (κ1) is 19.9. The zero-order valence-electron chi connectivity index (χ0n) is 17.9. The Labute approximate surface area is 185 Å². The third kappa shape index (κ3) is 3.51. The number of amides is 2. The van der Waals surface area contributed by atoms with Gasteiger partial charge in [0.25, 0.3) is 11.6 Å². The van der Waals surface area contributed by atoms with Gasteiger partial charge in [0.05, 0.1) is 22.3 Å². The lowest BCUT2D eigenvalue weighted by Gasteiger charge is -2.19. The zero-order valence-corrected chi connectivity index (χ0v) is 17.9. The van der Waals surface area contributed by atoms with E-state index in [-0.39, 0.29) is 11.8 Å². The SMILES string of the molecule is Cc1cc(NC(=O)c2cc(-c3ccccc3)nc3onc(C)c23)ccc1N1CCCC1=O. The summed E-state index contributed by atoms with van der Waals surface area (Å²) in [5.41, 5.74) is 5.38. The van der Waals surface area contributed by atoms with Gasteiger partial charge in [-0.3, -0.25) is 9.59 Å². The average molecular weight is 426 g/mol. The Morgan fingerprint density at radius 2 is 1.91 bits per heavy atom. The van der Waals surface area contributed by atoms with Crippen molar-refractivity contribution >= 4 is 34.3 Å². The second-order valence-electron chi connectivity index (χ2n) is 7.97. The molecule has 2 aromatic carbocycles. The number of nitrogens with zero attached hydrogens (tertiary/aromatic N) is 3. The summed E-state index contributed by atoms with van der Waals surface area (Å²) in [5, 5.41) is 7.57. The van der Waals surface area contributed by atoms with Crippen molar-refractivity contribution in [2.45, 2.75) is 26.7 Å². The van der Waals surface area contributed by atoms with Crippen LogP contribution < -0.4 is 10.2 Å². The fourth-order valence-corrected chi connectivity index (χ4v) is 4.17. The van der Waals surface area contributed by atoms with E-state index in [0.717, 1.165) is 29.8 Å². The summed E-state index contributed by atoms with van der Waals surface area (Å²) >= 11 is 0. The molecule has 0 atom stereocenters. The summed E-state index contributed by atoms with van der Waals surface area (Å²) in [6, 6.07) is 17.0. The number of hydrogen-bond donors (Lipinski definition) is 1. The van der Waals surface area contributed by atoms with E-state index in [1.165, 1.54) is 0 Å². The van der Waals surface area contributed by atoms with Crippen LogP contribution in [0.3, 0.4) is 0 Å². The molecule has 0 spiro atoms. The lowest BCUT2D eigenvalue weighted by atomic mass is 10.0. The molecule has 32 heavy (non-hydrogen) atoms. The van der Waals surface area contributed by atoms with E-state index >= 15 is 0 Å². The highest BCUT2D eigenvalue weighted by atomic mass is 16.5. The first-order chi connectivity index (χ1) is 15.5. The fourth-order valence-electron chi connectivity index (χ4n) is 4.17. The largest absolute Gasteiger partial charge is 0.335 e. The van der Waals surface area contributed by atoms with Gasteiger partial charge < -0.3 is 14.7 Å². The average Bonchev–Trinajstić information content (AvgIpc) is 3.39. The molecule has 1 aliphatic rings. The van der Waals surface area contributed by atoms with Crippen molar-refractivity contribution < 1.29 is 14.1 Å². The summed E-state index contributed by atoms with van der Waals surface area (Å²) in [7, 11) is 0. The van der Waals surface area contributed by atoms with E-state index in [1.54, 1.807) is 17.9 Å². The molecule has 160 valence electrons. The van der Waals surface area contributed by atoms with Crippen molar-refractivity contribution in [1.29, 1.82) is 0 Å². The van der Waals surface area contributed by atoms with Crippen LogP contribution in [-0.4, -0.2) is 28.5 Å². The Balaban J connectivity index is 1.49. The maximum absolute atomic E-state index is 13.3. The highest BCUT2D eigenvalue weighted by molar-refractivity contribution is 6.13. The molecule has 0 radical (unpaired) electrons. The van der Waals surface area contributed by atoms with Crippen LogP contribution in [0, 0.1) is 13.8 Å². The molecule has 7 nitrogen and oxygen atoms in total. The highest BCUT2D eigenvalue weighted by Gasteiger charge is 2.24. The molecule has 1 saturated heterocycles. The molecule has 0 bridgehead atoms. The van der Waals surface area contributed by atoms with Gasteiger partial charge in [-0.1, -0.05) is 35.5 Å². The second-order valence-corrected chi connectivity index (χ2v) is 7.97. The van der Waals surface area contributed by atoms with Gasteiger partial charge in [-0.25, -0.2) is 4.98 Å². The number of nitrogens with one attached hydrogen (secondary N) is 1. The van der Waals surface area contributed by atoms with Crippen molar-refractivity contribution in [2.24, 2.45) is 0 Å². The molecule has 1 N–H and O–H groups in total. The quantitative estimate of drug-likeness (QED) is 0.502. The molecule has 0 saturated carbocycles. The van der Waals surface area contributed by atoms with E-state index in [2.05, 4.69) is 15.5 Å². The number of aryl methyl sites for hydroxylation is 2. The maximum Gasteiger partial charge on any atom is 0.259 e. The minimum Gasteiger partial charge on any atom is -0.335 e. The zero-order chi connectivity index (χ0) is 22.2. The van der Waals surface area contributed by atoms with Gasteiger partial charge >= 0.3 is 0 Å². The number of aromatic nitrogens is 2. The van der Waals surface area contributed by atoms with Crippen LogP contribution in [-0.2, 0) is 4.79 Å². The van der Waals surface area contributed by atoms with E-state index < -0.39 is 0 Å². The molecule has 3 heterocycles. The maximum atomic E-state index is 13.3. The standard InChI is InChI=1S/C25H22N4O3/c1-15-13-18(10-11-21(15)29-12-6-9-22(29)30)26-24(31)19-14-20(17-7-4-3-5-8-17)27-25-23(19)16(2)28-32-25/h3-5,7-8,10-11,13-14H,6,9,12H2,1-2H3,(H,26,31). The normalized spacial score (nSPS) is 13.7. The van der Waals surface area contributed by atoms with E-state index in [0.29, 0.717) is 40.2 Å². The summed E-state index contributed by atoms with van der Waals surface area (Å²) in [5.74, 6) is -0.134. The van der Waals surface area contributed by atoms with Crippen LogP contribution in [0.1, 0.15) is 34.5 Å². The molecule has 4 aromatic rings. The topological polar surface area (TPSA) is 88.3 Å². The second kappa shape index (κ2) is 7.92. The van der Waals surface area contributed by atoms with Gasteiger partial charge in [0.15, 0.2) is 0 Å². The van der Waals surface area contributed by atoms with E-state index in [4.69, 9.17) is 4.52 Å². The van der Waals surface area contributed by atoms with Crippen molar-refractivity contribution in [2.75, 3.05) is 16.8 Å². The van der Waals surface area contributed by atoms with Crippen molar-refractivity contribution in [3.63, 3.8) is 0 Å². The Bertz CT molecular complexity index is 1340. The lowest BCUT2D eigenvalue weighted by molar-refractivity contribution is -0.117. The number of anilines is 2. The van der Waals surface area contributed by atoms with E-state index in [9.17, 15) is 9.59 Å². The van der Waals surface area contributed by atoms with Gasteiger partial charge in [-0.2, -0.15) is 0 Å². The Kier molecular flexibility index (Phi) is 4.93. The highest BCUT2D eigenvalue weighted by Crippen LogP contribution is 2.30. The van der Waals surface area contributed by atoms with Gasteiger partial charge in [0.2, 0.25) is 5.91 Å². The lowest BCUT2D eigenvalue weighted by Crippen LogP contribution is -2.24. The van der Waals surface area contributed by atoms with Crippen LogP contribution in [0.15, 0.2) is 59.1 Å². The predicted molar refractivity (Wildman–Crippen MR) is 123 cm³/mol. The van der Waals surface area contributed by atoms with Crippen LogP contribution >= 0.6 is 0 Å². The van der Waals surface area contributed by atoms with Crippen LogP contribution in [0.4, 0.5) is 11.4 Å². The van der Waals surface area contributed by atoms with Crippen molar-refractivity contribution in [1.82, 2.24) is 10.1 Å². The number of fused-ring (bicyclic) bond motifs is 1. The Hall–Kier alpha value is -4.00. The Morgan fingerprint density at radius 1 is 1.09 bits per heavy atom. The van der Waals surface area contributed by atoms with Crippen molar-refractivity contribution in [3.05, 3.63) is 71.4 Å². The van der Waals surface area contributed by atoms with Gasteiger partial charge in [0, 0.05) is 29.9 Å². The minimum absolute atomic E-state index is 0.139. The number of rotatable bonds is 4. The molecule has 0 unspecified atom stereocenters. The van der Waals surface area contributed by atoms with Crippen molar-refractivity contribution in [3.8, 4) is 11.3 Å². The molecule has 1 fully saturated rings. The number of carbonyl (C=O) groups is 2. The summed E-state index contributed by atoms with van der Waals surface area (Å²) in [6.07, 6.45) is 1.45. The third-order valence-electron chi connectivity index (χ3n) is 5.75. The predicted octanol–water partition coefficient (Wildman–Crippen LogP) is 4.89. The number of pyridine rings is 1. The first-order valence-electron chi connectivity index (χ1n) is 10.6. The van der Waals surface area contributed by atoms with Gasteiger partial charge in [-0.15, -0.1) is 0 Å². The molecule has 2 amide bonds. The summed E-state index contributed by atoms with van der Waals surface area (Å²) in [6.45, 7) is 4.47. The van der Waals surface area contributed by atoms with Crippen LogP contribution in [0.5, 0.6) is 0 Å². The molecule has 2 aromatic heterocycles. The minimum atomic E-state index is -0.273. The monoisotopic (exact) mass is 426 g/mol. The molecule has 5 rings (SSSR count). The molecule has 7 heteroatoms. The van der Waals surface area contributed by atoms with Crippen LogP contribution in [0.2, 0.25) is 0 Å². The van der Waals surface area contributed by atoms with E-state index in [1.807, 2.05) is 55.5 Å². The van der Waals surface area contributed by atoms with Gasteiger partial charge in [-0.05, 0) is 50.1 Å². The smallest absolute Gasteiger partial charge is 0.259 e. The fraction of sp³-hybridized carbons (Fsp3) is 0.200. The summed E-state index contributed by atoms with van der Waals surface area (Å²) in [4.78, 5) is 31.7. The molecular weight excluding hydrogens is 404 g/mol. The summed E-state index contributed by atoms with van der Waals surface area (Å²) < 4.78 is 5.38. The first-order valence-corrected chi connectivity index (χ1v) is 10.6. The molecule has 1 aliphatic heterocycles. The Morgan fingerprint density at radius 3 is 2.62 bits per heavy atom. The number of carbonyl (C=O) groups excluding carboxylic acids is 2.